The van der Waals surface area contributed by atoms with Gasteiger partial charge in [-0.05, 0) is 24.3 Å². The number of rotatable bonds is 11. The Labute approximate surface area is 202 Å². The lowest BCUT2D eigenvalue weighted by Crippen LogP contribution is -2.13. The van der Waals surface area contributed by atoms with Crippen LogP contribution in [-0.2, 0) is 9.47 Å². The number of nitro benzene ring substituents is 2. The molecule has 14 heteroatoms. The number of non-ortho nitro benzene ring substituents is 2. The maximum Gasteiger partial charge on any atom is 0.513 e. The number of benzene rings is 2. The molecule has 0 fully saturated rings. The minimum atomic E-state index is -0.929. The smallest absolute Gasteiger partial charge is 0.433 e. The van der Waals surface area contributed by atoms with Crippen LogP contribution in [-0.4, -0.2) is 46.9 Å². The summed E-state index contributed by atoms with van der Waals surface area (Å²) >= 11 is 0. The van der Waals surface area contributed by atoms with Crippen molar-refractivity contribution < 1.29 is 38.4 Å². The number of hydrogen-bond acceptors (Lipinski definition) is 12. The molecule has 0 amide bonds. The highest BCUT2D eigenvalue weighted by Gasteiger charge is 2.10. The summed E-state index contributed by atoms with van der Waals surface area (Å²) in [7, 11) is 2.76. The van der Waals surface area contributed by atoms with Crippen molar-refractivity contribution in [2.24, 2.45) is 0 Å². The van der Waals surface area contributed by atoms with Crippen molar-refractivity contribution >= 4 is 45.3 Å². The van der Waals surface area contributed by atoms with Crippen LogP contribution < -0.4 is 9.47 Å². The Hall–Kier alpha value is -3.52. The first-order valence-electron chi connectivity index (χ1n) is 9.77. The van der Waals surface area contributed by atoms with Gasteiger partial charge in [0, 0.05) is 35.8 Å². The molecule has 0 N–H and O–H groups in total. The SMILES string of the molecule is CC.O=C(OCCSSCCOC(=O)Oc1ccc([N+](=O)[O-])cc1)Oc1ccc([N+](=O)[O-])cc1. The molecule has 0 spiro atoms. The molecule has 0 radical (unpaired) electrons. The van der Waals surface area contributed by atoms with E-state index in [1.54, 1.807) is 0 Å². The van der Waals surface area contributed by atoms with E-state index in [1.807, 2.05) is 13.8 Å². The summed E-state index contributed by atoms with van der Waals surface area (Å²) in [6.45, 7) is 4.15. The largest absolute Gasteiger partial charge is 0.513 e. The van der Waals surface area contributed by atoms with Crippen LogP contribution in [0.5, 0.6) is 11.5 Å². The predicted octanol–water partition coefficient (Wildman–Crippen LogP) is 5.64. The number of nitro groups is 2. The van der Waals surface area contributed by atoms with E-state index < -0.39 is 22.2 Å². The van der Waals surface area contributed by atoms with Crippen molar-refractivity contribution in [3.63, 3.8) is 0 Å². The average Bonchev–Trinajstić information content (AvgIpc) is 2.82. The summed E-state index contributed by atoms with van der Waals surface area (Å²) < 4.78 is 19.5. The fraction of sp³-hybridized carbons (Fsp3) is 0.300. The Kier molecular flexibility index (Phi) is 13.5. The molecular weight excluding hydrogens is 492 g/mol. The zero-order valence-corrected chi connectivity index (χ0v) is 19.9. The molecular formula is C20H22N2O10S2. The molecule has 2 aromatic rings. The Bertz CT molecular complexity index is 862. The Morgan fingerprint density at radius 1 is 0.706 bits per heavy atom. The molecule has 0 heterocycles. The van der Waals surface area contributed by atoms with Crippen molar-refractivity contribution in [1.29, 1.82) is 0 Å². The van der Waals surface area contributed by atoms with E-state index in [-0.39, 0.29) is 36.1 Å². The van der Waals surface area contributed by atoms with Gasteiger partial charge in [0.2, 0.25) is 0 Å². The maximum absolute atomic E-state index is 11.5. The molecule has 0 atom stereocenters. The summed E-state index contributed by atoms with van der Waals surface area (Å²) in [6.07, 6.45) is -1.86. The second-order valence-corrected chi connectivity index (χ2v) is 8.25. The molecule has 0 saturated heterocycles. The molecule has 0 aliphatic heterocycles. The fourth-order valence-corrected chi connectivity index (χ4v) is 3.61. The second kappa shape index (κ2) is 16.1. The van der Waals surface area contributed by atoms with E-state index in [0.29, 0.717) is 11.5 Å². The van der Waals surface area contributed by atoms with E-state index in [1.165, 1.54) is 70.1 Å². The van der Waals surface area contributed by atoms with E-state index in [2.05, 4.69) is 0 Å². The Morgan fingerprint density at radius 3 is 1.32 bits per heavy atom. The molecule has 0 aromatic heterocycles. The van der Waals surface area contributed by atoms with Gasteiger partial charge in [-0.3, -0.25) is 20.2 Å². The monoisotopic (exact) mass is 514 g/mol. The average molecular weight is 515 g/mol. The van der Waals surface area contributed by atoms with Crippen molar-refractivity contribution in [3.8, 4) is 11.5 Å². The lowest BCUT2D eigenvalue weighted by molar-refractivity contribution is -0.385. The predicted molar refractivity (Wildman–Crippen MR) is 126 cm³/mol. The van der Waals surface area contributed by atoms with Gasteiger partial charge in [-0.1, -0.05) is 35.4 Å². The van der Waals surface area contributed by atoms with Crippen molar-refractivity contribution in [1.82, 2.24) is 0 Å². The summed E-state index contributed by atoms with van der Waals surface area (Å²) in [6, 6.07) is 9.98. The summed E-state index contributed by atoms with van der Waals surface area (Å²) in [5.41, 5.74) is -0.245. The van der Waals surface area contributed by atoms with Crippen LogP contribution in [0.4, 0.5) is 21.0 Å². The van der Waals surface area contributed by atoms with E-state index in [0.717, 1.165) is 0 Å². The van der Waals surface area contributed by atoms with Crippen LogP contribution in [0.3, 0.4) is 0 Å². The van der Waals surface area contributed by atoms with Gasteiger partial charge in [-0.25, -0.2) is 9.59 Å². The highest BCUT2D eigenvalue weighted by atomic mass is 33.1. The molecule has 0 bridgehead atoms. The molecule has 0 unspecified atom stereocenters. The van der Waals surface area contributed by atoms with Crippen molar-refractivity contribution in [2.45, 2.75) is 13.8 Å². The Balaban J connectivity index is 0.00000281. The first-order valence-corrected chi connectivity index (χ1v) is 12.3. The number of hydrogen-bond donors (Lipinski definition) is 0. The van der Waals surface area contributed by atoms with Crippen LogP contribution in [0.2, 0.25) is 0 Å². The van der Waals surface area contributed by atoms with Gasteiger partial charge in [0.25, 0.3) is 11.4 Å². The maximum atomic E-state index is 11.5. The van der Waals surface area contributed by atoms with E-state index in [9.17, 15) is 29.8 Å². The van der Waals surface area contributed by atoms with Gasteiger partial charge in [-0.2, -0.15) is 0 Å². The standard InChI is InChI=1S/C18H16N2O10S2.C2H6/c21-17(29-15-5-1-13(2-6-15)19(23)24)27-9-11-31-32-12-10-28-18(22)30-16-7-3-14(4-8-16)20(25)26;1-2/h1-8H,9-12H2;1-2H3. The third kappa shape index (κ3) is 11.4. The van der Waals surface area contributed by atoms with Crippen LogP contribution >= 0.6 is 21.6 Å². The van der Waals surface area contributed by atoms with Gasteiger partial charge in [0.1, 0.15) is 24.7 Å². The zero-order valence-electron chi connectivity index (χ0n) is 18.2. The lowest BCUT2D eigenvalue weighted by atomic mass is 10.3. The Morgan fingerprint density at radius 2 is 1.03 bits per heavy atom. The molecule has 0 aliphatic rings. The van der Waals surface area contributed by atoms with Crippen molar-refractivity contribution in [3.05, 3.63) is 68.8 Å². The number of carbonyl (C=O) groups is 2. The number of carbonyl (C=O) groups excluding carboxylic acids is 2. The highest BCUT2D eigenvalue weighted by molar-refractivity contribution is 8.76. The van der Waals surface area contributed by atoms with Gasteiger partial charge in [-0.15, -0.1) is 0 Å². The van der Waals surface area contributed by atoms with Crippen LogP contribution in [0.1, 0.15) is 13.8 Å². The summed E-state index contributed by atoms with van der Waals surface area (Å²) in [5.74, 6) is 1.15. The normalized spacial score (nSPS) is 9.71. The van der Waals surface area contributed by atoms with Crippen LogP contribution in [0.25, 0.3) is 0 Å². The summed E-state index contributed by atoms with van der Waals surface area (Å²) in [4.78, 5) is 43.1. The molecule has 12 nitrogen and oxygen atoms in total. The third-order valence-electron chi connectivity index (χ3n) is 3.35. The third-order valence-corrected chi connectivity index (χ3v) is 5.69. The second-order valence-electron chi connectivity index (χ2n) is 5.55. The zero-order chi connectivity index (χ0) is 25.3. The van der Waals surface area contributed by atoms with E-state index in [4.69, 9.17) is 18.9 Å². The first-order chi connectivity index (χ1) is 16.3. The summed E-state index contributed by atoms with van der Waals surface area (Å²) in [5, 5.41) is 21.1. The first kappa shape index (κ1) is 28.5. The number of nitrogens with zero attached hydrogens (tertiary/aromatic N) is 2. The van der Waals surface area contributed by atoms with Crippen LogP contribution in [0, 0.1) is 20.2 Å². The molecule has 0 aliphatic carbocycles. The van der Waals surface area contributed by atoms with Gasteiger partial charge >= 0.3 is 12.3 Å². The highest BCUT2D eigenvalue weighted by Crippen LogP contribution is 2.21. The molecule has 2 rings (SSSR count). The molecule has 34 heavy (non-hydrogen) atoms. The molecule has 2 aromatic carbocycles. The van der Waals surface area contributed by atoms with Gasteiger partial charge in [0.05, 0.1) is 9.85 Å². The van der Waals surface area contributed by atoms with Gasteiger partial charge < -0.3 is 18.9 Å². The topological polar surface area (TPSA) is 157 Å². The fourth-order valence-electron chi connectivity index (χ4n) is 1.96. The molecule has 0 saturated carbocycles. The quantitative estimate of drug-likeness (QED) is 0.0908. The minimum Gasteiger partial charge on any atom is -0.433 e. The lowest BCUT2D eigenvalue weighted by Gasteiger charge is -2.06. The number of ether oxygens (including phenoxy) is 4. The van der Waals surface area contributed by atoms with Gasteiger partial charge in [0.15, 0.2) is 0 Å². The minimum absolute atomic E-state index is 0.0759. The van der Waals surface area contributed by atoms with E-state index >= 15 is 0 Å². The van der Waals surface area contributed by atoms with Crippen molar-refractivity contribution in [2.75, 3.05) is 24.7 Å². The van der Waals surface area contributed by atoms with Crippen LogP contribution in [0.15, 0.2) is 48.5 Å². The molecule has 184 valence electrons.